The smallest absolute Gasteiger partial charge is 0.408 e. The van der Waals surface area contributed by atoms with Crippen molar-refractivity contribution in [3.63, 3.8) is 0 Å². The molecular formula is C12H19N3O4. The zero-order chi connectivity index (χ0) is 14.6. The van der Waals surface area contributed by atoms with Gasteiger partial charge in [0.15, 0.2) is 0 Å². The van der Waals surface area contributed by atoms with Crippen LogP contribution in [0.5, 0.6) is 0 Å². The SMILES string of the molecule is Cn1ccc(C(CC(=O)O)NC(=O)OC(C)(C)C)n1. The molecule has 106 valence electrons. The molecule has 1 heterocycles. The monoisotopic (exact) mass is 269 g/mol. The van der Waals surface area contributed by atoms with Crippen LogP contribution < -0.4 is 5.32 Å². The van der Waals surface area contributed by atoms with Crippen LogP contribution >= 0.6 is 0 Å². The first kappa shape index (κ1) is 15.0. The van der Waals surface area contributed by atoms with Crippen LogP contribution in [0.3, 0.4) is 0 Å². The second-order valence-corrected chi connectivity index (χ2v) is 5.21. The van der Waals surface area contributed by atoms with Crippen LogP contribution in [-0.2, 0) is 16.6 Å². The molecular weight excluding hydrogens is 250 g/mol. The number of hydrogen-bond acceptors (Lipinski definition) is 4. The van der Waals surface area contributed by atoms with Gasteiger partial charge in [-0.2, -0.15) is 5.10 Å². The van der Waals surface area contributed by atoms with E-state index in [0.29, 0.717) is 5.69 Å². The molecule has 1 unspecified atom stereocenters. The Balaban J connectivity index is 2.76. The Morgan fingerprint density at radius 2 is 2.16 bits per heavy atom. The van der Waals surface area contributed by atoms with E-state index in [1.165, 1.54) is 0 Å². The number of nitrogens with one attached hydrogen (secondary N) is 1. The second kappa shape index (κ2) is 5.73. The number of aliphatic carboxylic acids is 1. The molecule has 19 heavy (non-hydrogen) atoms. The zero-order valence-corrected chi connectivity index (χ0v) is 11.5. The third kappa shape index (κ3) is 5.41. The number of ether oxygens (including phenoxy) is 1. The van der Waals surface area contributed by atoms with Crippen molar-refractivity contribution in [3.8, 4) is 0 Å². The third-order valence-electron chi connectivity index (χ3n) is 2.16. The Labute approximate surface area is 111 Å². The number of aryl methyl sites for hydroxylation is 1. The summed E-state index contributed by atoms with van der Waals surface area (Å²) in [6.07, 6.45) is 0.765. The number of aromatic nitrogens is 2. The summed E-state index contributed by atoms with van der Waals surface area (Å²) in [5.74, 6) is -1.02. The van der Waals surface area contributed by atoms with Gasteiger partial charge in [0.25, 0.3) is 0 Å². The number of carbonyl (C=O) groups excluding carboxylic acids is 1. The van der Waals surface area contributed by atoms with Gasteiger partial charge in [-0.1, -0.05) is 0 Å². The average molecular weight is 269 g/mol. The summed E-state index contributed by atoms with van der Waals surface area (Å²) in [4.78, 5) is 22.5. The minimum Gasteiger partial charge on any atom is -0.481 e. The first-order valence-corrected chi connectivity index (χ1v) is 5.88. The maximum absolute atomic E-state index is 11.7. The summed E-state index contributed by atoms with van der Waals surface area (Å²) in [6, 6.07) is 0.943. The van der Waals surface area contributed by atoms with Crippen molar-refractivity contribution < 1.29 is 19.4 Å². The topological polar surface area (TPSA) is 93.5 Å². The molecule has 1 amide bonds. The van der Waals surface area contributed by atoms with E-state index in [1.54, 1.807) is 44.8 Å². The Kier molecular flexibility index (Phi) is 4.52. The van der Waals surface area contributed by atoms with Crippen molar-refractivity contribution in [2.24, 2.45) is 7.05 Å². The van der Waals surface area contributed by atoms with Gasteiger partial charge in [-0.3, -0.25) is 9.48 Å². The summed E-state index contributed by atoms with van der Waals surface area (Å²) in [7, 11) is 1.72. The van der Waals surface area contributed by atoms with Crippen molar-refractivity contribution in [2.75, 3.05) is 0 Å². The molecule has 7 heteroatoms. The van der Waals surface area contributed by atoms with E-state index in [2.05, 4.69) is 10.4 Å². The van der Waals surface area contributed by atoms with Crippen LogP contribution in [0.1, 0.15) is 38.9 Å². The third-order valence-corrected chi connectivity index (χ3v) is 2.16. The molecule has 0 bridgehead atoms. The van der Waals surface area contributed by atoms with Gasteiger partial charge in [0.1, 0.15) is 5.60 Å². The quantitative estimate of drug-likeness (QED) is 0.863. The van der Waals surface area contributed by atoms with E-state index in [4.69, 9.17) is 9.84 Å². The number of hydrogen-bond donors (Lipinski definition) is 2. The maximum Gasteiger partial charge on any atom is 0.408 e. The molecule has 0 saturated heterocycles. The van der Waals surface area contributed by atoms with E-state index >= 15 is 0 Å². The highest BCUT2D eigenvalue weighted by molar-refractivity contribution is 5.72. The van der Waals surface area contributed by atoms with Crippen LogP contribution in [0, 0.1) is 0 Å². The molecule has 7 nitrogen and oxygen atoms in total. The lowest BCUT2D eigenvalue weighted by atomic mass is 10.1. The van der Waals surface area contributed by atoms with Crippen molar-refractivity contribution in [3.05, 3.63) is 18.0 Å². The second-order valence-electron chi connectivity index (χ2n) is 5.21. The van der Waals surface area contributed by atoms with Crippen LogP contribution in [0.2, 0.25) is 0 Å². The number of carbonyl (C=O) groups is 2. The standard InChI is InChI=1S/C12H19N3O4/c1-12(2,3)19-11(18)13-9(7-10(16)17)8-5-6-15(4)14-8/h5-6,9H,7H2,1-4H3,(H,13,18)(H,16,17). The molecule has 0 aromatic carbocycles. The molecule has 1 aromatic rings. The summed E-state index contributed by atoms with van der Waals surface area (Å²) in [5, 5.41) is 15.5. The lowest BCUT2D eigenvalue weighted by Crippen LogP contribution is -2.36. The summed E-state index contributed by atoms with van der Waals surface area (Å²) < 4.78 is 6.64. The highest BCUT2D eigenvalue weighted by Crippen LogP contribution is 2.16. The van der Waals surface area contributed by atoms with E-state index in [1.807, 2.05) is 0 Å². The lowest BCUT2D eigenvalue weighted by Gasteiger charge is -2.22. The van der Waals surface area contributed by atoms with Gasteiger partial charge in [-0.25, -0.2) is 4.79 Å². The van der Waals surface area contributed by atoms with Gasteiger partial charge < -0.3 is 15.2 Å². The first-order chi connectivity index (χ1) is 8.67. The van der Waals surface area contributed by atoms with Crippen LogP contribution in [0.4, 0.5) is 4.79 Å². The maximum atomic E-state index is 11.7. The van der Waals surface area contributed by atoms with Gasteiger partial charge in [0, 0.05) is 13.2 Å². The number of nitrogens with zero attached hydrogens (tertiary/aromatic N) is 2. The van der Waals surface area contributed by atoms with Crippen LogP contribution in [0.25, 0.3) is 0 Å². The fourth-order valence-electron chi connectivity index (χ4n) is 1.47. The van der Waals surface area contributed by atoms with Gasteiger partial charge in [0.05, 0.1) is 18.2 Å². The number of carboxylic acids is 1. The summed E-state index contributed by atoms with van der Waals surface area (Å²) in [5.41, 5.74) is -0.155. The number of rotatable bonds is 4. The minimum absolute atomic E-state index is 0.254. The van der Waals surface area contributed by atoms with E-state index < -0.39 is 23.7 Å². The molecule has 1 rings (SSSR count). The van der Waals surface area contributed by atoms with Gasteiger partial charge >= 0.3 is 12.1 Å². The number of alkyl carbamates (subject to hydrolysis) is 1. The Hall–Kier alpha value is -2.05. The summed E-state index contributed by atoms with van der Waals surface area (Å²) >= 11 is 0. The molecule has 2 N–H and O–H groups in total. The van der Waals surface area contributed by atoms with Crippen molar-refractivity contribution >= 4 is 12.1 Å². The highest BCUT2D eigenvalue weighted by Gasteiger charge is 2.23. The van der Waals surface area contributed by atoms with Crippen molar-refractivity contribution in [1.29, 1.82) is 0 Å². The predicted molar refractivity (Wildman–Crippen MR) is 67.6 cm³/mol. The molecule has 0 aliphatic heterocycles. The fraction of sp³-hybridized carbons (Fsp3) is 0.583. The molecule has 0 fully saturated rings. The largest absolute Gasteiger partial charge is 0.481 e. The Bertz CT molecular complexity index is 462. The molecule has 1 aromatic heterocycles. The van der Waals surface area contributed by atoms with E-state index in [-0.39, 0.29) is 6.42 Å². The average Bonchev–Trinajstić information content (AvgIpc) is 2.60. The van der Waals surface area contributed by atoms with Crippen LogP contribution in [0.15, 0.2) is 12.3 Å². The Morgan fingerprint density at radius 3 is 2.58 bits per heavy atom. The van der Waals surface area contributed by atoms with E-state index in [0.717, 1.165) is 0 Å². The lowest BCUT2D eigenvalue weighted by molar-refractivity contribution is -0.137. The minimum atomic E-state index is -1.02. The van der Waals surface area contributed by atoms with Gasteiger partial charge in [-0.05, 0) is 26.8 Å². The molecule has 0 radical (unpaired) electrons. The zero-order valence-electron chi connectivity index (χ0n) is 11.5. The highest BCUT2D eigenvalue weighted by atomic mass is 16.6. The molecule has 1 atom stereocenters. The van der Waals surface area contributed by atoms with E-state index in [9.17, 15) is 9.59 Å². The van der Waals surface area contributed by atoms with Gasteiger partial charge in [0.2, 0.25) is 0 Å². The fourth-order valence-corrected chi connectivity index (χ4v) is 1.47. The number of carboxylic acid groups (broad SMARTS) is 1. The van der Waals surface area contributed by atoms with Crippen LogP contribution in [-0.4, -0.2) is 32.6 Å². The predicted octanol–water partition coefficient (Wildman–Crippen LogP) is 1.46. The van der Waals surface area contributed by atoms with Gasteiger partial charge in [-0.15, -0.1) is 0 Å². The molecule has 0 spiro atoms. The first-order valence-electron chi connectivity index (χ1n) is 5.88. The normalized spacial score (nSPS) is 12.8. The van der Waals surface area contributed by atoms with Crippen molar-refractivity contribution in [2.45, 2.75) is 38.8 Å². The Morgan fingerprint density at radius 1 is 1.53 bits per heavy atom. The summed E-state index contributed by atoms with van der Waals surface area (Å²) in [6.45, 7) is 5.21. The molecule has 0 saturated carbocycles. The molecule has 0 aliphatic carbocycles. The molecule has 0 aliphatic rings. The van der Waals surface area contributed by atoms with Crippen molar-refractivity contribution in [1.82, 2.24) is 15.1 Å². The number of amides is 1.